The summed E-state index contributed by atoms with van der Waals surface area (Å²) in [6.07, 6.45) is 3.99. The molecule has 0 N–H and O–H groups in total. The summed E-state index contributed by atoms with van der Waals surface area (Å²) < 4.78 is 4.54. The maximum atomic E-state index is 5.08. The molecule has 0 radical (unpaired) electrons. The van der Waals surface area contributed by atoms with Crippen LogP contribution in [0.2, 0.25) is 0 Å². The standard InChI is InChI=1S/C42H24N6/c1-5-13-37-27(9-1)31-23-43-35(21-29(31)41-45-33-11-3-7-15-39(33)47(37)41)25-17-19-26(20-18-25)36-22-30-32(24-44-36)28-10-2-6-14-38(28)48-40-16-8-4-12-34(40)46-42(30)48/h1-24H. The number of hydrogen-bond donors (Lipinski definition) is 0. The maximum Gasteiger partial charge on any atom is 0.146 e. The fourth-order valence-electron chi connectivity index (χ4n) is 7.53. The summed E-state index contributed by atoms with van der Waals surface area (Å²) in [6, 6.07) is 46.5. The van der Waals surface area contributed by atoms with Crippen molar-refractivity contribution >= 4 is 76.7 Å². The number of aromatic nitrogens is 6. The van der Waals surface area contributed by atoms with E-state index >= 15 is 0 Å². The molecule has 0 atom stereocenters. The summed E-state index contributed by atoms with van der Waals surface area (Å²) in [5, 5.41) is 6.68. The highest BCUT2D eigenvalue weighted by Gasteiger charge is 2.17. The molecule has 0 unspecified atom stereocenters. The van der Waals surface area contributed by atoms with Crippen LogP contribution in [-0.2, 0) is 0 Å². The first kappa shape index (κ1) is 25.5. The molecule has 0 aliphatic rings. The number of rotatable bonds is 2. The van der Waals surface area contributed by atoms with Crippen LogP contribution in [0, 0.1) is 0 Å². The number of benzene rings is 5. The third-order valence-electron chi connectivity index (χ3n) is 9.76. The maximum absolute atomic E-state index is 5.08. The molecule has 0 aliphatic heterocycles. The van der Waals surface area contributed by atoms with Crippen LogP contribution < -0.4 is 0 Å². The van der Waals surface area contributed by atoms with E-state index in [1.54, 1.807) is 0 Å². The molecule has 0 amide bonds. The first-order valence-corrected chi connectivity index (χ1v) is 16.1. The van der Waals surface area contributed by atoms with E-state index in [4.69, 9.17) is 19.9 Å². The molecule has 222 valence electrons. The van der Waals surface area contributed by atoms with Crippen LogP contribution in [0.25, 0.3) is 99.2 Å². The molecule has 11 rings (SSSR count). The minimum absolute atomic E-state index is 0.905. The summed E-state index contributed by atoms with van der Waals surface area (Å²) in [5.41, 5.74) is 12.2. The van der Waals surface area contributed by atoms with Gasteiger partial charge in [0.05, 0.1) is 44.5 Å². The lowest BCUT2D eigenvalue weighted by Gasteiger charge is -2.11. The van der Waals surface area contributed by atoms with Crippen molar-refractivity contribution in [3.05, 3.63) is 146 Å². The van der Waals surface area contributed by atoms with Crippen molar-refractivity contribution in [3.8, 4) is 22.5 Å². The summed E-state index contributed by atoms with van der Waals surface area (Å²) in [4.78, 5) is 20.1. The first-order chi connectivity index (χ1) is 23.8. The van der Waals surface area contributed by atoms with Crippen LogP contribution in [0.3, 0.4) is 0 Å². The SMILES string of the molecule is c1ccc2c(c1)nc1c3cc(-c4ccc(-c5cc6c(cn5)c5ccccc5n5c7ccccc7nc65)cc4)ncc3c3ccccc3n21. The predicted molar refractivity (Wildman–Crippen MR) is 195 cm³/mol. The van der Waals surface area contributed by atoms with Crippen LogP contribution in [0.15, 0.2) is 146 Å². The van der Waals surface area contributed by atoms with E-state index in [-0.39, 0.29) is 0 Å². The third-order valence-corrected chi connectivity index (χ3v) is 9.76. The minimum Gasteiger partial charge on any atom is -0.292 e. The summed E-state index contributed by atoms with van der Waals surface area (Å²) in [6.45, 7) is 0. The zero-order valence-corrected chi connectivity index (χ0v) is 25.5. The van der Waals surface area contributed by atoms with Crippen molar-refractivity contribution in [2.75, 3.05) is 0 Å². The van der Waals surface area contributed by atoms with E-state index in [2.05, 4.69) is 130 Å². The Labute approximate surface area is 273 Å². The zero-order valence-electron chi connectivity index (χ0n) is 25.5. The summed E-state index contributed by atoms with van der Waals surface area (Å²) >= 11 is 0. The molecule has 48 heavy (non-hydrogen) atoms. The lowest BCUT2D eigenvalue weighted by atomic mass is 10.0. The van der Waals surface area contributed by atoms with E-state index in [1.807, 2.05) is 24.5 Å². The van der Waals surface area contributed by atoms with Gasteiger partial charge in [0.15, 0.2) is 0 Å². The molecule has 0 spiro atoms. The average molecular weight is 613 g/mol. The van der Waals surface area contributed by atoms with Gasteiger partial charge in [-0.2, -0.15) is 0 Å². The topological polar surface area (TPSA) is 60.4 Å². The van der Waals surface area contributed by atoms with Crippen molar-refractivity contribution in [1.29, 1.82) is 0 Å². The first-order valence-electron chi connectivity index (χ1n) is 16.1. The minimum atomic E-state index is 0.905. The van der Waals surface area contributed by atoms with Gasteiger partial charge < -0.3 is 0 Å². The number of nitrogens with zero attached hydrogens (tertiary/aromatic N) is 6. The van der Waals surface area contributed by atoms with Crippen molar-refractivity contribution in [1.82, 2.24) is 28.7 Å². The smallest absolute Gasteiger partial charge is 0.146 e. The normalized spacial score (nSPS) is 12.2. The van der Waals surface area contributed by atoms with Gasteiger partial charge in [0, 0.05) is 55.8 Å². The van der Waals surface area contributed by atoms with E-state index in [9.17, 15) is 0 Å². The number of hydrogen-bond acceptors (Lipinski definition) is 4. The van der Waals surface area contributed by atoms with E-state index < -0.39 is 0 Å². The van der Waals surface area contributed by atoms with Crippen molar-refractivity contribution in [2.45, 2.75) is 0 Å². The van der Waals surface area contributed by atoms with Gasteiger partial charge >= 0.3 is 0 Å². The summed E-state index contributed by atoms with van der Waals surface area (Å²) in [7, 11) is 0. The van der Waals surface area contributed by atoms with Gasteiger partial charge in [0.2, 0.25) is 0 Å². The lowest BCUT2D eigenvalue weighted by molar-refractivity contribution is 1.30. The molecule has 0 bridgehead atoms. The van der Waals surface area contributed by atoms with Gasteiger partial charge in [-0.25, -0.2) is 9.97 Å². The van der Waals surface area contributed by atoms with Gasteiger partial charge in [-0.1, -0.05) is 84.9 Å². The van der Waals surface area contributed by atoms with E-state index in [1.165, 1.54) is 0 Å². The molecule has 0 saturated carbocycles. The Morgan fingerprint density at radius 1 is 0.354 bits per heavy atom. The highest BCUT2D eigenvalue weighted by atomic mass is 15.0. The van der Waals surface area contributed by atoms with Crippen LogP contribution in [0.4, 0.5) is 0 Å². The van der Waals surface area contributed by atoms with E-state index in [0.717, 1.165) is 99.2 Å². The zero-order chi connectivity index (χ0) is 31.3. The van der Waals surface area contributed by atoms with Crippen LogP contribution >= 0.6 is 0 Å². The number of fused-ring (bicyclic) bond motifs is 16. The second-order valence-corrected chi connectivity index (χ2v) is 12.4. The van der Waals surface area contributed by atoms with Crippen LogP contribution in [0.1, 0.15) is 0 Å². The molecule has 0 aliphatic carbocycles. The van der Waals surface area contributed by atoms with Crippen LogP contribution in [0.5, 0.6) is 0 Å². The van der Waals surface area contributed by atoms with Crippen molar-refractivity contribution < 1.29 is 0 Å². The Balaban J connectivity index is 1.07. The fourth-order valence-corrected chi connectivity index (χ4v) is 7.53. The molecule has 6 nitrogen and oxygen atoms in total. The largest absolute Gasteiger partial charge is 0.292 e. The number of pyridine rings is 4. The molecule has 0 fully saturated rings. The molecule has 6 aromatic heterocycles. The van der Waals surface area contributed by atoms with Crippen molar-refractivity contribution in [2.24, 2.45) is 0 Å². The number of imidazole rings is 2. The Bertz CT molecular complexity index is 2900. The van der Waals surface area contributed by atoms with Gasteiger partial charge in [-0.05, 0) is 48.5 Å². The monoisotopic (exact) mass is 612 g/mol. The Kier molecular flexibility index (Phi) is 5.02. The second kappa shape index (κ2) is 9.44. The Morgan fingerprint density at radius 2 is 0.750 bits per heavy atom. The quantitative estimate of drug-likeness (QED) is 0.182. The number of para-hydroxylation sites is 6. The highest BCUT2D eigenvalue weighted by molar-refractivity contribution is 6.15. The van der Waals surface area contributed by atoms with Crippen LogP contribution in [-0.4, -0.2) is 28.7 Å². The molecule has 11 aromatic rings. The van der Waals surface area contributed by atoms with E-state index in [0.29, 0.717) is 0 Å². The van der Waals surface area contributed by atoms with Gasteiger partial charge in [0.1, 0.15) is 11.3 Å². The fraction of sp³-hybridized carbons (Fsp3) is 0. The predicted octanol–water partition coefficient (Wildman–Crippen LogP) is 10.0. The average Bonchev–Trinajstić information content (AvgIpc) is 3.75. The van der Waals surface area contributed by atoms with Gasteiger partial charge in [-0.3, -0.25) is 18.8 Å². The Hall–Kier alpha value is -6.66. The van der Waals surface area contributed by atoms with Crippen molar-refractivity contribution in [3.63, 3.8) is 0 Å². The molecular weight excluding hydrogens is 589 g/mol. The molecule has 0 saturated heterocycles. The lowest BCUT2D eigenvalue weighted by Crippen LogP contribution is -1.94. The van der Waals surface area contributed by atoms with Gasteiger partial charge in [-0.15, -0.1) is 0 Å². The molecule has 6 heterocycles. The molecule has 6 heteroatoms. The highest BCUT2D eigenvalue weighted by Crippen LogP contribution is 2.36. The van der Waals surface area contributed by atoms with Gasteiger partial charge in [0.25, 0.3) is 0 Å². The third kappa shape index (κ3) is 3.46. The summed E-state index contributed by atoms with van der Waals surface area (Å²) in [5.74, 6) is 0. The Morgan fingerprint density at radius 3 is 1.21 bits per heavy atom. The molecular formula is C42H24N6. The second-order valence-electron chi connectivity index (χ2n) is 12.4. The molecule has 5 aromatic carbocycles.